The molecule has 3 N–H and O–H groups in total. The SMILES string of the molecule is CO[NH+]1C(N)=Nc2cc(C)ccc21. The number of fused-ring (bicyclic) bond motifs is 1. The first-order chi connectivity index (χ1) is 6.22. The average Bonchev–Trinajstić information content (AvgIpc) is 2.39. The largest absolute Gasteiger partial charge is 0.337 e. The highest BCUT2D eigenvalue weighted by Crippen LogP contribution is 2.25. The summed E-state index contributed by atoms with van der Waals surface area (Å²) < 4.78 is 0. The molecular formula is C9H12N3O+. The van der Waals surface area contributed by atoms with Crippen molar-refractivity contribution in [2.24, 2.45) is 10.7 Å². The number of hydrogen-bond donors (Lipinski definition) is 2. The Kier molecular flexibility index (Phi) is 1.79. The number of aryl methyl sites for hydroxylation is 1. The zero-order valence-corrected chi connectivity index (χ0v) is 7.66. The number of guanidine groups is 1. The van der Waals surface area contributed by atoms with Crippen LogP contribution < -0.4 is 10.8 Å². The quantitative estimate of drug-likeness (QED) is 0.637. The van der Waals surface area contributed by atoms with Crippen molar-refractivity contribution in [3.05, 3.63) is 23.8 Å². The van der Waals surface area contributed by atoms with Crippen LogP contribution in [-0.4, -0.2) is 13.1 Å². The van der Waals surface area contributed by atoms with Crippen LogP contribution in [0.1, 0.15) is 5.56 Å². The van der Waals surface area contributed by atoms with Gasteiger partial charge in [-0.25, -0.2) is 0 Å². The first-order valence-corrected chi connectivity index (χ1v) is 4.09. The second kappa shape index (κ2) is 2.83. The molecule has 1 unspecified atom stereocenters. The summed E-state index contributed by atoms with van der Waals surface area (Å²) in [7, 11) is 1.60. The summed E-state index contributed by atoms with van der Waals surface area (Å²) in [6.07, 6.45) is 0. The van der Waals surface area contributed by atoms with Crippen molar-refractivity contribution in [3.63, 3.8) is 0 Å². The van der Waals surface area contributed by atoms with Gasteiger partial charge in [0.15, 0.2) is 5.69 Å². The van der Waals surface area contributed by atoms with E-state index in [0.29, 0.717) is 11.0 Å². The third kappa shape index (κ3) is 1.20. The predicted molar refractivity (Wildman–Crippen MR) is 50.1 cm³/mol. The lowest BCUT2D eigenvalue weighted by molar-refractivity contribution is -0.955. The molecule has 0 aliphatic carbocycles. The van der Waals surface area contributed by atoms with E-state index >= 15 is 0 Å². The van der Waals surface area contributed by atoms with Gasteiger partial charge in [0.1, 0.15) is 5.69 Å². The minimum atomic E-state index is 0.461. The fourth-order valence-corrected chi connectivity index (χ4v) is 1.46. The van der Waals surface area contributed by atoms with Crippen LogP contribution in [-0.2, 0) is 4.84 Å². The molecule has 1 aromatic rings. The van der Waals surface area contributed by atoms with Gasteiger partial charge in [0.2, 0.25) is 0 Å². The maximum absolute atomic E-state index is 5.68. The van der Waals surface area contributed by atoms with Gasteiger partial charge in [-0.3, -0.25) is 0 Å². The Labute approximate surface area is 76.6 Å². The normalized spacial score (nSPS) is 19.8. The molecule has 0 aromatic heterocycles. The Hall–Kier alpha value is -1.39. The Morgan fingerprint density at radius 2 is 2.23 bits per heavy atom. The lowest BCUT2D eigenvalue weighted by atomic mass is 10.2. The number of nitrogens with one attached hydrogen (secondary N) is 1. The molecule has 1 aliphatic rings. The Balaban J connectivity index is 2.51. The molecule has 1 heterocycles. The van der Waals surface area contributed by atoms with E-state index in [1.54, 1.807) is 7.11 Å². The van der Waals surface area contributed by atoms with Gasteiger partial charge in [-0.2, -0.15) is 9.83 Å². The van der Waals surface area contributed by atoms with Gasteiger partial charge in [-0.05, 0) is 18.6 Å². The van der Waals surface area contributed by atoms with E-state index in [1.807, 2.05) is 25.1 Å². The van der Waals surface area contributed by atoms with Crippen molar-refractivity contribution < 1.29 is 9.90 Å². The Morgan fingerprint density at radius 1 is 1.46 bits per heavy atom. The summed E-state index contributed by atoms with van der Waals surface area (Å²) in [4.78, 5) is 9.35. The number of rotatable bonds is 1. The summed E-state index contributed by atoms with van der Waals surface area (Å²) in [5, 5.41) is 0.676. The van der Waals surface area contributed by atoms with Crippen molar-refractivity contribution in [3.8, 4) is 0 Å². The molecule has 4 heteroatoms. The zero-order valence-electron chi connectivity index (χ0n) is 7.66. The number of nitrogens with two attached hydrogens (primary N) is 1. The third-order valence-electron chi connectivity index (χ3n) is 2.08. The molecule has 4 nitrogen and oxygen atoms in total. The highest BCUT2D eigenvalue weighted by Gasteiger charge is 2.28. The topological polar surface area (TPSA) is 52.0 Å². The lowest BCUT2D eigenvalue weighted by Crippen LogP contribution is -3.09. The Bertz CT molecular complexity index is 373. The van der Waals surface area contributed by atoms with Crippen LogP contribution in [0.25, 0.3) is 0 Å². The van der Waals surface area contributed by atoms with Gasteiger partial charge in [0, 0.05) is 6.07 Å². The van der Waals surface area contributed by atoms with E-state index in [2.05, 4.69) is 4.99 Å². The second-order valence-corrected chi connectivity index (χ2v) is 3.05. The molecule has 1 atom stereocenters. The molecule has 1 aromatic carbocycles. The maximum atomic E-state index is 5.68. The Morgan fingerprint density at radius 3 is 2.92 bits per heavy atom. The average molecular weight is 178 g/mol. The van der Waals surface area contributed by atoms with Crippen molar-refractivity contribution in [2.45, 2.75) is 6.92 Å². The molecule has 13 heavy (non-hydrogen) atoms. The molecule has 2 rings (SSSR count). The fourth-order valence-electron chi connectivity index (χ4n) is 1.46. The van der Waals surface area contributed by atoms with Gasteiger partial charge in [0.25, 0.3) is 0 Å². The molecule has 68 valence electrons. The van der Waals surface area contributed by atoms with Crippen LogP contribution in [0.2, 0.25) is 0 Å². The first kappa shape index (κ1) is 8.22. The number of aliphatic imine (C=N–C) groups is 1. The molecule has 1 aliphatic heterocycles. The molecule has 0 spiro atoms. The van der Waals surface area contributed by atoms with Crippen molar-refractivity contribution >= 4 is 17.3 Å². The molecule has 0 saturated heterocycles. The van der Waals surface area contributed by atoms with Crippen LogP contribution in [0.5, 0.6) is 0 Å². The van der Waals surface area contributed by atoms with Crippen LogP contribution in [0.3, 0.4) is 0 Å². The molecule has 0 fully saturated rings. The number of benzene rings is 1. The second-order valence-electron chi connectivity index (χ2n) is 3.05. The summed E-state index contributed by atoms with van der Waals surface area (Å²) in [5.41, 5.74) is 8.73. The summed E-state index contributed by atoms with van der Waals surface area (Å²) >= 11 is 0. The van der Waals surface area contributed by atoms with Crippen LogP contribution in [0.4, 0.5) is 11.4 Å². The van der Waals surface area contributed by atoms with E-state index in [9.17, 15) is 0 Å². The van der Waals surface area contributed by atoms with Crippen molar-refractivity contribution in [1.82, 2.24) is 0 Å². The van der Waals surface area contributed by atoms with Crippen LogP contribution in [0.15, 0.2) is 23.2 Å². The molecular weight excluding hydrogens is 166 g/mol. The van der Waals surface area contributed by atoms with Crippen molar-refractivity contribution in [1.29, 1.82) is 0 Å². The van der Waals surface area contributed by atoms with Gasteiger partial charge < -0.3 is 5.73 Å². The molecule has 0 bridgehead atoms. The van der Waals surface area contributed by atoms with E-state index in [1.165, 1.54) is 5.56 Å². The molecule has 0 amide bonds. The third-order valence-corrected chi connectivity index (χ3v) is 2.08. The smallest absolute Gasteiger partial charge is 0.335 e. The van der Waals surface area contributed by atoms with E-state index in [4.69, 9.17) is 10.6 Å². The lowest BCUT2D eigenvalue weighted by Gasteiger charge is -2.06. The highest BCUT2D eigenvalue weighted by atomic mass is 16.7. The minimum Gasteiger partial charge on any atom is -0.335 e. The number of hydrogen-bond acceptors (Lipinski definition) is 3. The molecule has 0 radical (unpaired) electrons. The van der Waals surface area contributed by atoms with Gasteiger partial charge >= 0.3 is 5.96 Å². The number of hydroxylamine groups is 1. The van der Waals surface area contributed by atoms with E-state index in [-0.39, 0.29) is 0 Å². The van der Waals surface area contributed by atoms with Crippen LogP contribution in [0, 0.1) is 6.92 Å². The maximum Gasteiger partial charge on any atom is 0.337 e. The van der Waals surface area contributed by atoms with Gasteiger partial charge in [-0.15, -0.1) is 0 Å². The van der Waals surface area contributed by atoms with Crippen LogP contribution >= 0.6 is 0 Å². The van der Waals surface area contributed by atoms with Crippen molar-refractivity contribution in [2.75, 3.05) is 7.11 Å². The number of nitrogens with zero attached hydrogens (tertiary/aromatic N) is 1. The summed E-state index contributed by atoms with van der Waals surface area (Å²) in [6, 6.07) is 5.99. The fraction of sp³-hybridized carbons (Fsp3) is 0.222. The summed E-state index contributed by atoms with van der Waals surface area (Å²) in [5.74, 6) is 0.461. The van der Waals surface area contributed by atoms with E-state index < -0.39 is 0 Å². The minimum absolute atomic E-state index is 0.461. The monoisotopic (exact) mass is 178 g/mol. The predicted octanol–water partition coefficient (Wildman–Crippen LogP) is 0.0326. The molecule has 0 saturated carbocycles. The first-order valence-electron chi connectivity index (χ1n) is 4.09. The van der Waals surface area contributed by atoms with E-state index in [0.717, 1.165) is 11.4 Å². The summed E-state index contributed by atoms with van der Waals surface area (Å²) in [6.45, 7) is 2.02. The standard InChI is InChI=1S/C9H11N3O/c1-6-3-4-8-7(5-6)11-9(10)12(8)13-2/h3-5H,1-2H3,(H2,10,11)/p+1. The number of quaternary nitrogens is 1. The zero-order chi connectivity index (χ0) is 9.42. The van der Waals surface area contributed by atoms with Gasteiger partial charge in [0.05, 0.1) is 7.11 Å². The highest BCUT2D eigenvalue weighted by molar-refractivity contribution is 5.83. The van der Waals surface area contributed by atoms with Gasteiger partial charge in [-0.1, -0.05) is 11.1 Å².